The summed E-state index contributed by atoms with van der Waals surface area (Å²) in [5, 5.41) is 14.6. The van der Waals surface area contributed by atoms with Crippen molar-refractivity contribution in [1.82, 2.24) is 10.6 Å². The first kappa shape index (κ1) is 16.1. The summed E-state index contributed by atoms with van der Waals surface area (Å²) in [7, 11) is -2.96. The Balaban J connectivity index is 1.84. The zero-order chi connectivity index (χ0) is 15.5. The Morgan fingerprint density at radius 3 is 2.38 bits per heavy atom. The number of carboxylic acids is 1. The molecule has 0 bridgehead atoms. The quantitative estimate of drug-likeness (QED) is 0.699. The van der Waals surface area contributed by atoms with Crippen molar-refractivity contribution >= 4 is 21.8 Å². The fraction of sp³-hybridized carbons (Fsp3) is 0.846. The van der Waals surface area contributed by atoms with E-state index in [1.54, 1.807) is 0 Å². The number of sulfone groups is 1. The molecule has 0 aromatic carbocycles. The molecule has 2 rings (SSSR count). The van der Waals surface area contributed by atoms with Crippen LogP contribution in [0.25, 0.3) is 0 Å². The Kier molecular flexibility index (Phi) is 4.75. The van der Waals surface area contributed by atoms with E-state index in [9.17, 15) is 23.1 Å². The summed E-state index contributed by atoms with van der Waals surface area (Å²) >= 11 is 0. The van der Waals surface area contributed by atoms with Crippen LogP contribution in [0.5, 0.6) is 0 Å². The number of carbonyl (C=O) groups excluding carboxylic acids is 1. The number of amides is 2. The first-order valence-electron chi connectivity index (χ1n) is 7.33. The largest absolute Gasteiger partial charge is 0.480 e. The first-order valence-corrected chi connectivity index (χ1v) is 9.15. The zero-order valence-corrected chi connectivity index (χ0v) is 12.7. The fourth-order valence-corrected chi connectivity index (χ4v) is 4.94. The molecule has 21 heavy (non-hydrogen) atoms. The fourth-order valence-electron chi connectivity index (χ4n) is 3.08. The van der Waals surface area contributed by atoms with Gasteiger partial charge in [-0.25, -0.2) is 18.0 Å². The van der Waals surface area contributed by atoms with Gasteiger partial charge in [-0.2, -0.15) is 0 Å². The molecule has 0 aromatic rings. The second-order valence-corrected chi connectivity index (χ2v) is 8.28. The lowest BCUT2D eigenvalue weighted by Crippen LogP contribution is -2.58. The summed E-state index contributed by atoms with van der Waals surface area (Å²) in [4.78, 5) is 23.3. The average Bonchev–Trinajstić information content (AvgIpc) is 2.77. The van der Waals surface area contributed by atoms with Crippen molar-refractivity contribution in [3.8, 4) is 0 Å². The molecule has 1 unspecified atom stereocenters. The molecular weight excluding hydrogens is 296 g/mol. The standard InChI is InChI=1S/C13H22N2O5S/c16-11(17)13(5-2-1-3-6-13)15-12(18)14-8-10-4-7-21(19,20)9-10/h10H,1-9H2,(H,16,17)(H2,14,15,18). The van der Waals surface area contributed by atoms with Gasteiger partial charge in [0.05, 0.1) is 11.5 Å². The molecule has 3 N–H and O–H groups in total. The third kappa shape index (κ3) is 4.09. The van der Waals surface area contributed by atoms with E-state index in [1.807, 2.05) is 0 Å². The highest BCUT2D eigenvalue weighted by molar-refractivity contribution is 7.91. The SMILES string of the molecule is O=C(NCC1CCS(=O)(=O)C1)NC1(C(=O)O)CCCCC1. The molecule has 2 fully saturated rings. The van der Waals surface area contributed by atoms with E-state index >= 15 is 0 Å². The van der Waals surface area contributed by atoms with Gasteiger partial charge in [-0.1, -0.05) is 19.3 Å². The molecule has 1 heterocycles. The first-order chi connectivity index (χ1) is 9.83. The minimum absolute atomic E-state index is 0.0760. The predicted octanol–water partition coefficient (Wildman–Crippen LogP) is 0.508. The lowest BCUT2D eigenvalue weighted by atomic mass is 9.82. The maximum atomic E-state index is 11.9. The molecule has 1 atom stereocenters. The predicted molar refractivity (Wildman–Crippen MR) is 76.7 cm³/mol. The normalized spacial score (nSPS) is 27.0. The highest BCUT2D eigenvalue weighted by Crippen LogP contribution is 2.28. The number of hydrogen-bond donors (Lipinski definition) is 3. The van der Waals surface area contributed by atoms with E-state index in [4.69, 9.17) is 0 Å². The van der Waals surface area contributed by atoms with Gasteiger partial charge in [-0.15, -0.1) is 0 Å². The van der Waals surface area contributed by atoms with Crippen LogP contribution in [0, 0.1) is 5.92 Å². The van der Waals surface area contributed by atoms with Gasteiger partial charge in [0, 0.05) is 6.54 Å². The monoisotopic (exact) mass is 318 g/mol. The molecule has 0 aromatic heterocycles. The number of nitrogens with one attached hydrogen (secondary N) is 2. The van der Waals surface area contributed by atoms with Crippen molar-refractivity contribution in [1.29, 1.82) is 0 Å². The van der Waals surface area contributed by atoms with Crippen LogP contribution in [0.4, 0.5) is 4.79 Å². The summed E-state index contributed by atoms with van der Waals surface area (Å²) in [6.45, 7) is 0.265. The summed E-state index contributed by atoms with van der Waals surface area (Å²) in [5.41, 5.74) is -1.18. The molecule has 1 aliphatic carbocycles. The molecule has 8 heteroatoms. The Morgan fingerprint density at radius 2 is 1.86 bits per heavy atom. The Morgan fingerprint density at radius 1 is 1.19 bits per heavy atom. The molecule has 120 valence electrons. The van der Waals surface area contributed by atoms with Gasteiger partial charge in [0.25, 0.3) is 0 Å². The highest BCUT2D eigenvalue weighted by Gasteiger charge is 2.41. The van der Waals surface area contributed by atoms with Gasteiger partial charge >= 0.3 is 12.0 Å². The second-order valence-electron chi connectivity index (χ2n) is 6.05. The van der Waals surface area contributed by atoms with Crippen molar-refractivity contribution < 1.29 is 23.1 Å². The topological polar surface area (TPSA) is 113 Å². The smallest absolute Gasteiger partial charge is 0.329 e. The minimum atomic E-state index is -2.96. The Hall–Kier alpha value is -1.31. The number of rotatable bonds is 4. The lowest BCUT2D eigenvalue weighted by Gasteiger charge is -2.34. The van der Waals surface area contributed by atoms with Gasteiger partial charge in [-0.3, -0.25) is 0 Å². The van der Waals surface area contributed by atoms with E-state index in [2.05, 4.69) is 10.6 Å². The highest BCUT2D eigenvalue weighted by atomic mass is 32.2. The number of aliphatic carboxylic acids is 1. The average molecular weight is 318 g/mol. The molecule has 7 nitrogen and oxygen atoms in total. The van der Waals surface area contributed by atoms with Crippen molar-refractivity contribution in [2.24, 2.45) is 5.92 Å². The molecule has 0 radical (unpaired) electrons. The van der Waals surface area contributed by atoms with E-state index in [0.29, 0.717) is 19.3 Å². The van der Waals surface area contributed by atoms with Crippen LogP contribution in [0.2, 0.25) is 0 Å². The van der Waals surface area contributed by atoms with Gasteiger partial charge in [-0.05, 0) is 25.2 Å². The summed E-state index contributed by atoms with van der Waals surface area (Å²) in [5.74, 6) is -0.814. The minimum Gasteiger partial charge on any atom is -0.480 e. The summed E-state index contributed by atoms with van der Waals surface area (Å²) in [6, 6.07) is -0.524. The summed E-state index contributed by atoms with van der Waals surface area (Å²) in [6.07, 6.45) is 3.98. The van der Waals surface area contributed by atoms with Crippen molar-refractivity contribution in [2.75, 3.05) is 18.1 Å². The van der Waals surface area contributed by atoms with Gasteiger partial charge in [0.2, 0.25) is 0 Å². The molecule has 0 spiro atoms. The number of carboxylic acid groups (broad SMARTS) is 1. The lowest BCUT2D eigenvalue weighted by molar-refractivity contribution is -0.145. The summed E-state index contributed by atoms with van der Waals surface area (Å²) < 4.78 is 22.7. The van der Waals surface area contributed by atoms with Crippen LogP contribution in [-0.2, 0) is 14.6 Å². The van der Waals surface area contributed by atoms with E-state index in [1.165, 1.54) is 0 Å². The number of hydrogen-bond acceptors (Lipinski definition) is 4. The Labute approximate surface area is 124 Å². The van der Waals surface area contributed by atoms with Crippen LogP contribution in [-0.4, -0.2) is 49.1 Å². The van der Waals surface area contributed by atoms with E-state index in [0.717, 1.165) is 19.3 Å². The molecule has 2 amide bonds. The van der Waals surface area contributed by atoms with Crippen LogP contribution < -0.4 is 10.6 Å². The third-order valence-electron chi connectivity index (χ3n) is 4.35. The molecule has 2 aliphatic rings. The van der Waals surface area contributed by atoms with Gasteiger partial charge in [0.15, 0.2) is 9.84 Å². The van der Waals surface area contributed by atoms with Crippen LogP contribution in [0.1, 0.15) is 38.5 Å². The van der Waals surface area contributed by atoms with Crippen LogP contribution in [0.3, 0.4) is 0 Å². The van der Waals surface area contributed by atoms with Crippen molar-refractivity contribution in [3.63, 3.8) is 0 Å². The maximum absolute atomic E-state index is 11.9. The maximum Gasteiger partial charge on any atom is 0.329 e. The van der Waals surface area contributed by atoms with Crippen LogP contribution in [0.15, 0.2) is 0 Å². The van der Waals surface area contributed by atoms with E-state index < -0.39 is 27.4 Å². The Bertz CT molecular complexity index is 511. The van der Waals surface area contributed by atoms with Crippen molar-refractivity contribution in [3.05, 3.63) is 0 Å². The number of urea groups is 1. The van der Waals surface area contributed by atoms with Gasteiger partial charge < -0.3 is 15.7 Å². The number of carbonyl (C=O) groups is 2. The molecule has 1 aliphatic heterocycles. The molecule has 1 saturated carbocycles. The van der Waals surface area contributed by atoms with E-state index in [-0.39, 0.29) is 24.0 Å². The zero-order valence-electron chi connectivity index (χ0n) is 11.9. The van der Waals surface area contributed by atoms with Crippen LogP contribution >= 0.6 is 0 Å². The van der Waals surface area contributed by atoms with Gasteiger partial charge in [0.1, 0.15) is 5.54 Å². The molecular formula is C13H22N2O5S. The van der Waals surface area contributed by atoms with Crippen molar-refractivity contribution in [2.45, 2.75) is 44.1 Å². The third-order valence-corrected chi connectivity index (χ3v) is 6.18. The second kappa shape index (κ2) is 6.21. The molecule has 1 saturated heterocycles.